The Kier molecular flexibility index (Phi) is 2.43. The summed E-state index contributed by atoms with van der Waals surface area (Å²) < 4.78 is 1.73. The summed E-state index contributed by atoms with van der Waals surface area (Å²) >= 11 is 5.78. The average Bonchev–Trinajstić information content (AvgIpc) is 2.82. The van der Waals surface area contributed by atoms with Gasteiger partial charge in [0.05, 0.1) is 17.6 Å². The van der Waals surface area contributed by atoms with Gasteiger partial charge in [0.1, 0.15) is 12.1 Å². The normalized spacial score (nSPS) is 10.4. The van der Waals surface area contributed by atoms with Gasteiger partial charge in [-0.05, 0) is 23.7 Å². The minimum absolute atomic E-state index is 0.107. The fourth-order valence-corrected chi connectivity index (χ4v) is 1.86. The molecule has 0 amide bonds. The van der Waals surface area contributed by atoms with Crippen molar-refractivity contribution in [2.75, 3.05) is 0 Å². The lowest BCUT2D eigenvalue weighted by atomic mass is 10.3. The summed E-state index contributed by atoms with van der Waals surface area (Å²) in [5.74, 6) is 0.443. The maximum Gasteiger partial charge on any atom is 0.247 e. The van der Waals surface area contributed by atoms with Crippen LogP contribution < -0.4 is 0 Å². The number of nitrogens with zero attached hydrogens (tertiary/aromatic N) is 5. The molecule has 0 unspecified atom stereocenters. The van der Waals surface area contributed by atoms with Gasteiger partial charge in [0, 0.05) is 6.20 Å². The minimum atomic E-state index is 0.107. The van der Waals surface area contributed by atoms with E-state index < -0.39 is 0 Å². The van der Waals surface area contributed by atoms with Crippen LogP contribution in [0, 0.1) is 6.57 Å². The zero-order chi connectivity index (χ0) is 12.5. The first-order valence-electron chi connectivity index (χ1n) is 5.12. The summed E-state index contributed by atoms with van der Waals surface area (Å²) in [6.45, 7) is 7.13. The molecule has 86 valence electrons. The molecule has 0 aliphatic heterocycles. The summed E-state index contributed by atoms with van der Waals surface area (Å²) in [4.78, 5) is 15.6. The maximum absolute atomic E-state index is 7.13. The number of fused-ring (bicyclic) bond motifs is 1. The van der Waals surface area contributed by atoms with Crippen LogP contribution in [-0.4, -0.2) is 19.5 Å². The average molecular weight is 256 g/mol. The highest BCUT2D eigenvalue weighted by Gasteiger charge is 2.11. The Hall–Kier alpha value is -2.45. The highest BCUT2D eigenvalue weighted by Crippen LogP contribution is 2.25. The van der Waals surface area contributed by atoms with Gasteiger partial charge in [0.15, 0.2) is 0 Å². The molecule has 0 aliphatic carbocycles. The van der Waals surface area contributed by atoms with Gasteiger partial charge in [0.25, 0.3) is 0 Å². The Bertz CT molecular complexity index is 771. The first-order valence-corrected chi connectivity index (χ1v) is 5.50. The molecule has 3 aromatic rings. The Morgan fingerprint density at radius 2 is 2.06 bits per heavy atom. The van der Waals surface area contributed by atoms with E-state index in [-0.39, 0.29) is 5.28 Å². The van der Waals surface area contributed by atoms with Crippen LogP contribution in [0.3, 0.4) is 0 Å². The summed E-state index contributed by atoms with van der Waals surface area (Å²) in [6.07, 6.45) is 3.03. The van der Waals surface area contributed by atoms with Gasteiger partial charge in [-0.3, -0.25) is 4.57 Å². The van der Waals surface area contributed by atoms with E-state index >= 15 is 0 Å². The molecule has 5 nitrogen and oxygen atoms in total. The van der Waals surface area contributed by atoms with E-state index in [1.54, 1.807) is 10.9 Å². The zero-order valence-corrected chi connectivity index (χ0v) is 9.83. The monoisotopic (exact) mass is 255 g/mol. The maximum atomic E-state index is 7.13. The van der Waals surface area contributed by atoms with Crippen molar-refractivity contribution in [3.63, 3.8) is 0 Å². The van der Waals surface area contributed by atoms with Gasteiger partial charge >= 0.3 is 0 Å². The molecule has 1 aromatic carbocycles. The van der Waals surface area contributed by atoms with Gasteiger partial charge in [-0.25, -0.2) is 19.8 Å². The highest BCUT2D eigenvalue weighted by molar-refractivity contribution is 6.28. The van der Waals surface area contributed by atoms with Crippen molar-refractivity contribution in [3.05, 3.63) is 53.5 Å². The van der Waals surface area contributed by atoms with Crippen molar-refractivity contribution in [3.8, 4) is 5.82 Å². The largest absolute Gasteiger partial charge is 0.292 e. The van der Waals surface area contributed by atoms with E-state index in [1.165, 1.54) is 6.20 Å². The topological polar surface area (TPSA) is 48.0 Å². The van der Waals surface area contributed by atoms with Crippen molar-refractivity contribution in [1.82, 2.24) is 19.5 Å². The van der Waals surface area contributed by atoms with Crippen LogP contribution in [0.25, 0.3) is 21.7 Å². The molecule has 6 heteroatoms. The Morgan fingerprint density at radius 1 is 1.22 bits per heavy atom. The molecule has 0 saturated carbocycles. The van der Waals surface area contributed by atoms with E-state index in [0.29, 0.717) is 11.5 Å². The standard InChI is InChI=1S/C12H6ClN5/c1-14-9-6-15-12(13)17-11(9)18-7-16-8-4-2-3-5-10(8)18/h2-7H. The SMILES string of the molecule is [C-]#[N+]c1cnc(Cl)nc1-n1cnc2ccccc21. The molecule has 0 fully saturated rings. The number of hydrogen-bond acceptors (Lipinski definition) is 3. The van der Waals surface area contributed by atoms with E-state index in [1.807, 2.05) is 24.3 Å². The fraction of sp³-hybridized carbons (Fsp3) is 0. The number of imidazole rings is 1. The van der Waals surface area contributed by atoms with Gasteiger partial charge in [-0.1, -0.05) is 12.1 Å². The lowest BCUT2D eigenvalue weighted by Crippen LogP contribution is -1.97. The van der Waals surface area contributed by atoms with Crippen LogP contribution in [0.15, 0.2) is 36.8 Å². The molecular formula is C12H6ClN5. The molecular weight excluding hydrogens is 250 g/mol. The second-order valence-corrected chi connectivity index (χ2v) is 3.90. The third kappa shape index (κ3) is 1.60. The lowest BCUT2D eigenvalue weighted by Gasteiger charge is -2.05. The predicted octanol–water partition coefficient (Wildman–Crippen LogP) is 3.02. The van der Waals surface area contributed by atoms with Crippen molar-refractivity contribution < 1.29 is 0 Å². The van der Waals surface area contributed by atoms with Crippen molar-refractivity contribution in [1.29, 1.82) is 0 Å². The molecule has 0 saturated heterocycles. The van der Waals surface area contributed by atoms with Crippen LogP contribution in [0.2, 0.25) is 5.28 Å². The van der Waals surface area contributed by atoms with E-state index in [4.69, 9.17) is 18.2 Å². The molecule has 0 aliphatic rings. The van der Waals surface area contributed by atoms with Crippen LogP contribution in [0.1, 0.15) is 0 Å². The summed E-state index contributed by atoms with van der Waals surface area (Å²) in [5, 5.41) is 0.107. The summed E-state index contributed by atoms with van der Waals surface area (Å²) in [5.41, 5.74) is 2.04. The minimum Gasteiger partial charge on any atom is -0.292 e. The van der Waals surface area contributed by atoms with Crippen LogP contribution in [0.5, 0.6) is 0 Å². The molecule has 3 rings (SSSR count). The lowest BCUT2D eigenvalue weighted by molar-refractivity contribution is 1.00. The second kappa shape index (κ2) is 4.09. The molecule has 0 N–H and O–H groups in total. The number of rotatable bonds is 1. The van der Waals surface area contributed by atoms with Crippen LogP contribution in [0.4, 0.5) is 5.69 Å². The first kappa shape index (κ1) is 10.7. The molecule has 18 heavy (non-hydrogen) atoms. The summed E-state index contributed by atoms with van der Waals surface area (Å²) in [6, 6.07) is 7.61. The molecule has 0 atom stereocenters. The van der Waals surface area contributed by atoms with Crippen LogP contribution in [-0.2, 0) is 0 Å². The third-order valence-electron chi connectivity index (χ3n) is 2.52. The van der Waals surface area contributed by atoms with Crippen LogP contribution >= 0.6 is 11.6 Å². The van der Waals surface area contributed by atoms with Gasteiger partial charge in [0.2, 0.25) is 11.0 Å². The van der Waals surface area contributed by atoms with E-state index in [0.717, 1.165) is 11.0 Å². The predicted molar refractivity (Wildman–Crippen MR) is 67.9 cm³/mol. The Morgan fingerprint density at radius 3 is 2.89 bits per heavy atom. The van der Waals surface area contributed by atoms with Gasteiger partial charge in [-0.2, -0.15) is 0 Å². The molecule has 2 heterocycles. The molecule has 0 radical (unpaired) electrons. The number of para-hydroxylation sites is 2. The van der Waals surface area contributed by atoms with E-state index in [9.17, 15) is 0 Å². The Balaban J connectivity index is 2.33. The van der Waals surface area contributed by atoms with Crippen molar-refractivity contribution in [2.45, 2.75) is 0 Å². The molecule has 0 bridgehead atoms. The number of aromatic nitrogens is 4. The fourth-order valence-electron chi connectivity index (χ4n) is 1.73. The van der Waals surface area contributed by atoms with Crippen molar-refractivity contribution in [2.24, 2.45) is 0 Å². The second-order valence-electron chi connectivity index (χ2n) is 3.56. The number of halogens is 1. The summed E-state index contributed by atoms with van der Waals surface area (Å²) in [7, 11) is 0. The third-order valence-corrected chi connectivity index (χ3v) is 2.70. The van der Waals surface area contributed by atoms with Gasteiger partial charge < -0.3 is 0 Å². The quantitative estimate of drug-likeness (QED) is 0.496. The smallest absolute Gasteiger partial charge is 0.247 e. The highest BCUT2D eigenvalue weighted by atomic mass is 35.5. The van der Waals surface area contributed by atoms with Crippen molar-refractivity contribution >= 4 is 28.3 Å². The molecule has 2 aromatic heterocycles. The van der Waals surface area contributed by atoms with E-state index in [2.05, 4.69) is 19.8 Å². The Labute approximate surface area is 108 Å². The zero-order valence-electron chi connectivity index (χ0n) is 9.08. The number of hydrogen-bond donors (Lipinski definition) is 0. The number of benzene rings is 1. The van der Waals surface area contributed by atoms with Gasteiger partial charge in [-0.15, -0.1) is 0 Å². The first-order chi connectivity index (χ1) is 8.79. The molecule has 0 spiro atoms.